The van der Waals surface area contributed by atoms with Crippen molar-refractivity contribution in [1.29, 1.82) is 0 Å². The summed E-state index contributed by atoms with van der Waals surface area (Å²) in [5, 5.41) is 0. The molecule has 2 heterocycles. The average molecular weight is 405 g/mol. The first-order chi connectivity index (χ1) is 14.6. The molecule has 3 aromatic rings. The summed E-state index contributed by atoms with van der Waals surface area (Å²) < 4.78 is 11.0. The summed E-state index contributed by atoms with van der Waals surface area (Å²) >= 11 is 0. The van der Waals surface area contributed by atoms with E-state index in [1.165, 1.54) is 0 Å². The van der Waals surface area contributed by atoms with Crippen molar-refractivity contribution in [3.8, 4) is 5.75 Å². The molecule has 154 valence electrons. The lowest BCUT2D eigenvalue weighted by Gasteiger charge is -2.34. The zero-order chi connectivity index (χ0) is 20.7. The minimum atomic E-state index is -0.0437. The van der Waals surface area contributed by atoms with E-state index in [1.807, 2.05) is 6.07 Å². The number of aromatic nitrogens is 1. The highest BCUT2D eigenvalue weighted by atomic mass is 16.5. The molecule has 1 saturated heterocycles. The number of hydrogen-bond acceptors (Lipinski definition) is 5. The fraction of sp³-hybridized carbons (Fsp3) is 0.348. The maximum atomic E-state index is 13.0. The predicted molar refractivity (Wildman–Crippen MR) is 111 cm³/mol. The van der Waals surface area contributed by atoms with Crippen LogP contribution in [0.5, 0.6) is 5.75 Å². The summed E-state index contributed by atoms with van der Waals surface area (Å²) in [7, 11) is 1.60. The van der Waals surface area contributed by atoms with Crippen molar-refractivity contribution >= 4 is 22.9 Å². The number of ether oxygens (including phenoxy) is 1. The van der Waals surface area contributed by atoms with Gasteiger partial charge in [-0.2, -0.15) is 0 Å². The van der Waals surface area contributed by atoms with Crippen molar-refractivity contribution in [2.75, 3.05) is 33.3 Å². The number of amides is 2. The molecular weight excluding hydrogens is 382 g/mol. The van der Waals surface area contributed by atoms with Gasteiger partial charge in [0.25, 0.3) is 11.8 Å². The van der Waals surface area contributed by atoms with Crippen LogP contribution in [0.15, 0.2) is 46.9 Å². The fourth-order valence-corrected chi connectivity index (χ4v) is 3.79. The van der Waals surface area contributed by atoms with Crippen LogP contribution < -0.4 is 4.74 Å². The number of methoxy groups -OCH3 is 1. The smallest absolute Gasteiger partial charge is 0.254 e. The summed E-state index contributed by atoms with van der Waals surface area (Å²) in [4.78, 5) is 33.8. The first-order valence-electron chi connectivity index (χ1n) is 10.3. The maximum absolute atomic E-state index is 13.0. The fourth-order valence-electron chi connectivity index (χ4n) is 3.79. The number of nitrogens with zero attached hydrogens (tertiary/aromatic N) is 3. The number of carbonyl (C=O) groups excluding carboxylic acids is 2. The van der Waals surface area contributed by atoms with Gasteiger partial charge in [-0.25, -0.2) is 4.98 Å². The van der Waals surface area contributed by atoms with Gasteiger partial charge < -0.3 is 19.0 Å². The number of hydrogen-bond donors (Lipinski definition) is 0. The number of carbonyl (C=O) groups is 2. The zero-order valence-electron chi connectivity index (χ0n) is 16.8. The lowest BCUT2D eigenvalue weighted by atomic mass is 10.1. The Kier molecular flexibility index (Phi) is 4.65. The third kappa shape index (κ3) is 3.51. The van der Waals surface area contributed by atoms with Crippen LogP contribution in [0, 0.1) is 0 Å². The summed E-state index contributed by atoms with van der Waals surface area (Å²) in [5.41, 5.74) is 2.67. The molecule has 2 amide bonds. The molecule has 30 heavy (non-hydrogen) atoms. The van der Waals surface area contributed by atoms with E-state index in [4.69, 9.17) is 9.15 Å². The molecule has 7 heteroatoms. The molecule has 0 radical (unpaired) electrons. The Morgan fingerprint density at radius 1 is 0.933 bits per heavy atom. The van der Waals surface area contributed by atoms with Gasteiger partial charge in [0.1, 0.15) is 11.3 Å². The van der Waals surface area contributed by atoms with E-state index in [-0.39, 0.29) is 11.8 Å². The Morgan fingerprint density at radius 3 is 2.13 bits per heavy atom. The van der Waals surface area contributed by atoms with Gasteiger partial charge in [0.05, 0.1) is 7.11 Å². The maximum Gasteiger partial charge on any atom is 0.254 e. The summed E-state index contributed by atoms with van der Waals surface area (Å²) in [6, 6.07) is 12.5. The Balaban J connectivity index is 1.24. The summed E-state index contributed by atoms with van der Waals surface area (Å²) in [6.45, 7) is 2.02. The Hall–Kier alpha value is -3.35. The molecule has 1 saturated carbocycles. The molecule has 2 aliphatic rings. The van der Waals surface area contributed by atoms with E-state index < -0.39 is 0 Å². The highest BCUT2D eigenvalue weighted by Crippen LogP contribution is 2.40. The predicted octanol–water partition coefficient (Wildman–Crippen LogP) is 3.31. The van der Waals surface area contributed by atoms with E-state index in [0.29, 0.717) is 48.8 Å². The molecule has 1 aliphatic heterocycles. The molecular formula is C23H23N3O4. The van der Waals surface area contributed by atoms with E-state index >= 15 is 0 Å². The highest BCUT2D eigenvalue weighted by molar-refractivity contribution is 5.98. The van der Waals surface area contributed by atoms with E-state index in [1.54, 1.807) is 53.3 Å². The van der Waals surface area contributed by atoms with Gasteiger partial charge in [-0.15, -0.1) is 0 Å². The quantitative estimate of drug-likeness (QED) is 0.666. The van der Waals surface area contributed by atoms with Crippen LogP contribution in [0.4, 0.5) is 0 Å². The van der Waals surface area contributed by atoms with Crippen LogP contribution in [-0.2, 0) is 0 Å². The number of fused-ring (bicyclic) bond motifs is 1. The van der Waals surface area contributed by atoms with Gasteiger partial charge in [0, 0.05) is 43.2 Å². The second-order valence-electron chi connectivity index (χ2n) is 7.82. The van der Waals surface area contributed by atoms with Gasteiger partial charge in [-0.05, 0) is 55.3 Å². The highest BCUT2D eigenvalue weighted by Gasteiger charge is 2.29. The topological polar surface area (TPSA) is 75.9 Å². The minimum absolute atomic E-state index is 0.0274. The Labute approximate surface area is 174 Å². The molecule has 5 rings (SSSR count). The van der Waals surface area contributed by atoms with Gasteiger partial charge in [0.15, 0.2) is 11.5 Å². The van der Waals surface area contributed by atoms with Crippen molar-refractivity contribution < 1.29 is 18.7 Å². The van der Waals surface area contributed by atoms with Gasteiger partial charge >= 0.3 is 0 Å². The lowest BCUT2D eigenvalue weighted by molar-refractivity contribution is 0.0535. The molecule has 0 unspecified atom stereocenters. The first kappa shape index (κ1) is 18.7. The van der Waals surface area contributed by atoms with Crippen LogP contribution in [-0.4, -0.2) is 59.9 Å². The van der Waals surface area contributed by atoms with E-state index in [2.05, 4.69) is 4.98 Å². The Morgan fingerprint density at radius 2 is 1.53 bits per heavy atom. The monoisotopic (exact) mass is 405 g/mol. The van der Waals surface area contributed by atoms with Gasteiger partial charge in [-0.3, -0.25) is 9.59 Å². The molecule has 0 spiro atoms. The minimum Gasteiger partial charge on any atom is -0.497 e. The summed E-state index contributed by atoms with van der Waals surface area (Å²) in [5.74, 6) is 1.86. The number of piperazine rings is 1. The Bertz CT molecular complexity index is 1090. The largest absolute Gasteiger partial charge is 0.497 e. The van der Waals surface area contributed by atoms with Crippen LogP contribution in [0.2, 0.25) is 0 Å². The molecule has 1 aromatic heterocycles. The van der Waals surface area contributed by atoms with Crippen molar-refractivity contribution in [2.45, 2.75) is 18.8 Å². The summed E-state index contributed by atoms with van der Waals surface area (Å²) in [6.07, 6.45) is 2.25. The normalized spacial score (nSPS) is 16.7. The standard InChI is InChI=1S/C23H23N3O4/c1-29-18-7-4-16(5-8-18)22(27)25-10-12-26(13-11-25)23(28)17-6-9-19-20(14-17)30-21(24-19)15-2-3-15/h4-9,14-15H,2-3,10-13H2,1H3. The molecule has 2 fully saturated rings. The van der Waals surface area contributed by atoms with E-state index in [9.17, 15) is 9.59 Å². The average Bonchev–Trinajstić information content (AvgIpc) is 3.57. The molecule has 0 N–H and O–H groups in total. The third-order valence-electron chi connectivity index (χ3n) is 5.77. The van der Waals surface area contributed by atoms with Crippen LogP contribution >= 0.6 is 0 Å². The molecule has 2 aromatic carbocycles. The third-order valence-corrected chi connectivity index (χ3v) is 5.77. The molecule has 0 bridgehead atoms. The second kappa shape index (κ2) is 7.48. The SMILES string of the molecule is COc1ccc(C(=O)N2CCN(C(=O)c3ccc4nc(C5CC5)oc4c3)CC2)cc1. The van der Waals surface area contributed by atoms with Crippen LogP contribution in [0.1, 0.15) is 45.4 Å². The van der Waals surface area contributed by atoms with Crippen molar-refractivity contribution in [1.82, 2.24) is 14.8 Å². The van der Waals surface area contributed by atoms with Crippen molar-refractivity contribution in [2.24, 2.45) is 0 Å². The zero-order valence-corrected chi connectivity index (χ0v) is 16.8. The number of rotatable bonds is 4. The van der Waals surface area contributed by atoms with Crippen LogP contribution in [0.25, 0.3) is 11.1 Å². The van der Waals surface area contributed by atoms with Gasteiger partial charge in [0.2, 0.25) is 0 Å². The van der Waals surface area contributed by atoms with E-state index in [0.717, 1.165) is 30.0 Å². The molecule has 0 atom stereocenters. The van der Waals surface area contributed by atoms with Crippen molar-refractivity contribution in [3.63, 3.8) is 0 Å². The molecule has 7 nitrogen and oxygen atoms in total. The number of oxazole rings is 1. The van der Waals surface area contributed by atoms with Crippen molar-refractivity contribution in [3.05, 3.63) is 59.5 Å². The first-order valence-corrected chi connectivity index (χ1v) is 10.3. The van der Waals surface area contributed by atoms with Gasteiger partial charge in [-0.1, -0.05) is 0 Å². The second-order valence-corrected chi connectivity index (χ2v) is 7.82. The molecule has 1 aliphatic carbocycles. The van der Waals surface area contributed by atoms with Crippen LogP contribution in [0.3, 0.4) is 0 Å². The number of benzene rings is 2. The lowest BCUT2D eigenvalue weighted by Crippen LogP contribution is -2.50.